The monoisotopic (exact) mass is 346 g/mol. The zero-order valence-corrected chi connectivity index (χ0v) is 13.0. The number of carbonyl (C=O) groups is 1. The largest absolute Gasteiger partial charge is 0.455 e. The minimum absolute atomic E-state index is 0.0309. The first-order valence-electron chi connectivity index (χ1n) is 7.19. The van der Waals surface area contributed by atoms with E-state index in [0.717, 1.165) is 12.1 Å². The molecule has 0 bridgehead atoms. The number of esters is 1. The Labute approximate surface area is 140 Å². The molecule has 0 radical (unpaired) electrons. The van der Waals surface area contributed by atoms with E-state index in [4.69, 9.17) is 9.26 Å². The molecule has 128 valence electrons. The average Bonchev–Trinajstić information content (AvgIpc) is 3.04. The molecule has 0 N–H and O–H groups in total. The second kappa shape index (κ2) is 6.68. The van der Waals surface area contributed by atoms with Gasteiger partial charge in [0.15, 0.2) is 5.76 Å². The summed E-state index contributed by atoms with van der Waals surface area (Å²) in [5.41, 5.74) is -0.344. The molecule has 3 aromatic rings. The van der Waals surface area contributed by atoms with Gasteiger partial charge in [0.25, 0.3) is 5.56 Å². The van der Waals surface area contributed by atoms with Crippen LogP contribution in [0.15, 0.2) is 51.9 Å². The number of rotatable bonds is 4. The lowest BCUT2D eigenvalue weighted by Crippen LogP contribution is -2.24. The summed E-state index contributed by atoms with van der Waals surface area (Å²) < 4.78 is 37.9. The lowest BCUT2D eigenvalue weighted by molar-refractivity contribution is 0.0461. The quantitative estimate of drug-likeness (QED) is 0.679. The average molecular weight is 346 g/mol. The SMILES string of the molecule is Cn1cccc(C(=O)OCc2cc(-c3ccc(F)cc3F)on2)c1=O. The van der Waals surface area contributed by atoms with Gasteiger partial charge in [-0.1, -0.05) is 5.16 Å². The molecule has 25 heavy (non-hydrogen) atoms. The summed E-state index contributed by atoms with van der Waals surface area (Å²) in [6.07, 6.45) is 1.51. The van der Waals surface area contributed by atoms with E-state index in [1.165, 1.54) is 36.0 Å². The second-order valence-electron chi connectivity index (χ2n) is 5.22. The lowest BCUT2D eigenvalue weighted by Gasteiger charge is -2.03. The molecule has 8 heteroatoms. The van der Waals surface area contributed by atoms with Crippen molar-refractivity contribution in [1.82, 2.24) is 9.72 Å². The Bertz CT molecular complexity index is 994. The smallest absolute Gasteiger partial charge is 0.344 e. The van der Waals surface area contributed by atoms with Crippen molar-refractivity contribution < 1.29 is 22.8 Å². The van der Waals surface area contributed by atoms with Crippen molar-refractivity contribution in [3.63, 3.8) is 0 Å². The van der Waals surface area contributed by atoms with Crippen LogP contribution in [0.3, 0.4) is 0 Å². The molecule has 0 spiro atoms. The van der Waals surface area contributed by atoms with E-state index in [0.29, 0.717) is 0 Å². The Morgan fingerprint density at radius 1 is 1.28 bits per heavy atom. The Morgan fingerprint density at radius 3 is 2.84 bits per heavy atom. The molecular formula is C17H12F2N2O4. The Hall–Kier alpha value is -3.29. The van der Waals surface area contributed by atoms with E-state index < -0.39 is 23.2 Å². The van der Waals surface area contributed by atoms with Gasteiger partial charge in [-0.2, -0.15) is 0 Å². The van der Waals surface area contributed by atoms with E-state index in [1.807, 2.05) is 0 Å². The van der Waals surface area contributed by atoms with Gasteiger partial charge in [-0.05, 0) is 24.3 Å². The van der Waals surface area contributed by atoms with Crippen LogP contribution in [0.1, 0.15) is 16.1 Å². The fourth-order valence-electron chi connectivity index (χ4n) is 2.17. The summed E-state index contributed by atoms with van der Waals surface area (Å²) in [6, 6.07) is 7.30. The number of benzene rings is 1. The third-order valence-electron chi connectivity index (χ3n) is 3.45. The van der Waals surface area contributed by atoms with E-state index in [-0.39, 0.29) is 29.2 Å². The third-order valence-corrected chi connectivity index (χ3v) is 3.45. The zero-order chi connectivity index (χ0) is 18.0. The van der Waals surface area contributed by atoms with Crippen molar-refractivity contribution in [3.05, 3.63) is 75.8 Å². The molecule has 0 aliphatic carbocycles. The molecule has 0 aliphatic rings. The number of aryl methyl sites for hydroxylation is 1. The second-order valence-corrected chi connectivity index (χ2v) is 5.22. The summed E-state index contributed by atoms with van der Waals surface area (Å²) in [4.78, 5) is 23.8. The number of hydrogen-bond acceptors (Lipinski definition) is 5. The van der Waals surface area contributed by atoms with Crippen molar-refractivity contribution in [3.8, 4) is 11.3 Å². The van der Waals surface area contributed by atoms with Crippen LogP contribution in [0.2, 0.25) is 0 Å². The van der Waals surface area contributed by atoms with E-state index in [1.54, 1.807) is 6.07 Å². The van der Waals surface area contributed by atoms with Gasteiger partial charge in [0.05, 0.1) is 5.56 Å². The highest BCUT2D eigenvalue weighted by atomic mass is 19.1. The van der Waals surface area contributed by atoms with Crippen molar-refractivity contribution in [2.24, 2.45) is 7.05 Å². The minimum atomic E-state index is -0.807. The molecule has 2 heterocycles. The molecule has 0 amide bonds. The summed E-state index contributed by atoms with van der Waals surface area (Å²) in [5, 5.41) is 3.67. The molecular weight excluding hydrogens is 334 g/mol. The maximum atomic E-state index is 13.7. The van der Waals surface area contributed by atoms with E-state index in [9.17, 15) is 18.4 Å². The predicted molar refractivity (Wildman–Crippen MR) is 82.7 cm³/mol. The van der Waals surface area contributed by atoms with Crippen LogP contribution in [0, 0.1) is 11.6 Å². The molecule has 6 nitrogen and oxygen atoms in total. The first-order chi connectivity index (χ1) is 12.0. The van der Waals surface area contributed by atoms with Crippen LogP contribution in [0.25, 0.3) is 11.3 Å². The predicted octanol–water partition coefficient (Wildman–Crippen LogP) is 2.68. The number of nitrogens with zero attached hydrogens (tertiary/aromatic N) is 2. The highest BCUT2D eigenvalue weighted by Gasteiger charge is 2.16. The maximum Gasteiger partial charge on any atom is 0.344 e. The van der Waals surface area contributed by atoms with Crippen molar-refractivity contribution in [2.75, 3.05) is 0 Å². The molecule has 0 saturated carbocycles. The Morgan fingerprint density at radius 2 is 2.08 bits per heavy atom. The number of carbonyl (C=O) groups excluding carboxylic acids is 1. The van der Waals surface area contributed by atoms with E-state index >= 15 is 0 Å². The topological polar surface area (TPSA) is 74.3 Å². The Kier molecular flexibility index (Phi) is 4.42. The number of halogens is 2. The van der Waals surface area contributed by atoms with Gasteiger partial charge in [-0.15, -0.1) is 0 Å². The number of hydrogen-bond donors (Lipinski definition) is 0. The summed E-state index contributed by atoms with van der Waals surface area (Å²) in [6.45, 7) is -0.261. The van der Waals surface area contributed by atoms with Crippen LogP contribution in [-0.4, -0.2) is 15.7 Å². The van der Waals surface area contributed by atoms with Crippen LogP contribution >= 0.6 is 0 Å². The minimum Gasteiger partial charge on any atom is -0.455 e. The summed E-state index contributed by atoms with van der Waals surface area (Å²) in [7, 11) is 1.51. The van der Waals surface area contributed by atoms with Gasteiger partial charge in [-0.3, -0.25) is 4.79 Å². The number of ether oxygens (including phenoxy) is 1. The fraction of sp³-hybridized carbons (Fsp3) is 0.118. The third kappa shape index (κ3) is 3.47. The first kappa shape index (κ1) is 16.6. The van der Waals surface area contributed by atoms with Gasteiger partial charge < -0.3 is 13.8 Å². The van der Waals surface area contributed by atoms with Crippen LogP contribution in [0.4, 0.5) is 8.78 Å². The molecule has 2 aromatic heterocycles. The van der Waals surface area contributed by atoms with Gasteiger partial charge >= 0.3 is 5.97 Å². The summed E-state index contributed by atoms with van der Waals surface area (Å²) >= 11 is 0. The Balaban J connectivity index is 1.73. The maximum absolute atomic E-state index is 13.7. The fourth-order valence-corrected chi connectivity index (χ4v) is 2.17. The molecule has 0 aliphatic heterocycles. The van der Waals surface area contributed by atoms with Gasteiger partial charge in [-0.25, -0.2) is 13.6 Å². The van der Waals surface area contributed by atoms with E-state index in [2.05, 4.69) is 5.16 Å². The lowest BCUT2D eigenvalue weighted by atomic mass is 10.1. The molecule has 0 saturated heterocycles. The molecule has 3 rings (SSSR count). The number of aromatic nitrogens is 2. The molecule has 1 aromatic carbocycles. The highest BCUT2D eigenvalue weighted by Crippen LogP contribution is 2.24. The van der Waals surface area contributed by atoms with Crippen molar-refractivity contribution >= 4 is 5.97 Å². The van der Waals surface area contributed by atoms with Gasteiger partial charge in [0.2, 0.25) is 0 Å². The standard InChI is InChI=1S/C17H12F2N2O4/c1-21-6-2-3-13(16(21)22)17(23)24-9-11-8-15(25-20-11)12-5-4-10(18)7-14(12)19/h2-8H,9H2,1H3. The normalized spacial score (nSPS) is 10.7. The molecule has 0 fully saturated rings. The van der Waals surface area contributed by atoms with Crippen molar-refractivity contribution in [1.29, 1.82) is 0 Å². The van der Waals surface area contributed by atoms with Crippen LogP contribution in [0.5, 0.6) is 0 Å². The molecule has 0 unspecified atom stereocenters. The molecule has 0 atom stereocenters. The summed E-state index contributed by atoms with van der Waals surface area (Å²) in [5.74, 6) is -2.25. The van der Waals surface area contributed by atoms with Crippen molar-refractivity contribution in [2.45, 2.75) is 6.61 Å². The first-order valence-corrected chi connectivity index (χ1v) is 7.19. The van der Waals surface area contributed by atoms with Crippen LogP contribution < -0.4 is 5.56 Å². The van der Waals surface area contributed by atoms with Crippen LogP contribution in [-0.2, 0) is 18.4 Å². The zero-order valence-electron chi connectivity index (χ0n) is 13.0. The van der Waals surface area contributed by atoms with Gasteiger partial charge in [0, 0.05) is 25.4 Å². The number of pyridine rings is 1. The highest BCUT2D eigenvalue weighted by molar-refractivity contribution is 5.88. The van der Waals surface area contributed by atoms with Gasteiger partial charge in [0.1, 0.15) is 29.5 Å².